The molecule has 0 saturated carbocycles. The number of aromatic nitrogens is 4. The van der Waals surface area contributed by atoms with Gasteiger partial charge in [-0.1, -0.05) is 35.3 Å². The van der Waals surface area contributed by atoms with E-state index in [4.69, 9.17) is 23.2 Å². The van der Waals surface area contributed by atoms with Crippen molar-refractivity contribution in [1.82, 2.24) is 24.9 Å². The Morgan fingerprint density at radius 3 is 2.66 bits per heavy atom. The van der Waals surface area contributed by atoms with Gasteiger partial charge in [-0.05, 0) is 68.7 Å². The van der Waals surface area contributed by atoms with Gasteiger partial charge in [-0.3, -0.25) is 9.67 Å². The largest absolute Gasteiger partial charge is 0.379 e. The molecule has 1 aliphatic rings. The van der Waals surface area contributed by atoms with Crippen LogP contribution in [-0.4, -0.2) is 44.5 Å². The quantitative estimate of drug-likeness (QED) is 0.267. The number of hydrogen-bond donors (Lipinski definition) is 2. The predicted molar refractivity (Wildman–Crippen MR) is 148 cm³/mol. The van der Waals surface area contributed by atoms with Gasteiger partial charge in [-0.2, -0.15) is 5.26 Å². The molecule has 0 amide bonds. The van der Waals surface area contributed by atoms with Gasteiger partial charge in [-0.15, -0.1) is 5.10 Å². The average Bonchev–Trinajstić information content (AvgIpc) is 3.37. The molecule has 2 aromatic carbocycles. The molecule has 5 rings (SSSR count). The summed E-state index contributed by atoms with van der Waals surface area (Å²) in [6, 6.07) is 10.1. The van der Waals surface area contributed by atoms with E-state index in [9.17, 15) is 9.65 Å². The van der Waals surface area contributed by atoms with Gasteiger partial charge in [0, 0.05) is 29.5 Å². The van der Waals surface area contributed by atoms with Crippen molar-refractivity contribution in [2.75, 3.05) is 30.3 Å². The minimum absolute atomic E-state index is 0.0216. The Labute approximate surface area is 230 Å². The number of nitrogens with one attached hydrogen (secondary N) is 2. The number of anilines is 3. The van der Waals surface area contributed by atoms with E-state index in [-0.39, 0.29) is 5.02 Å². The van der Waals surface area contributed by atoms with Crippen molar-refractivity contribution in [3.63, 3.8) is 0 Å². The molecule has 0 aliphatic carbocycles. The molecule has 0 spiro atoms. The predicted octanol–water partition coefficient (Wildman–Crippen LogP) is 6.23. The summed E-state index contributed by atoms with van der Waals surface area (Å²) in [6.07, 6.45) is 5.79. The molecule has 196 valence electrons. The normalized spacial score (nSPS) is 14.5. The molecule has 2 aromatic heterocycles. The second kappa shape index (κ2) is 11.5. The molecular formula is C27H27Cl2FN8. The van der Waals surface area contributed by atoms with Crippen LogP contribution in [0.1, 0.15) is 31.0 Å². The standard InChI is InChI=1S/C27H27Cl2FN8/c1-2-37-7-5-17(6-8-37)15-38-16-21(35-36-38)14-32-20-9-22-26(34-19-3-4-25(30)23(28)10-19)18(12-31)13-33-27(22)24(29)11-20/h3-4,9-11,13,16-17,32H,2,5-8,14-15H2,1H3,(H,33,34). The van der Waals surface area contributed by atoms with E-state index in [1.54, 1.807) is 12.1 Å². The van der Waals surface area contributed by atoms with Crippen molar-refractivity contribution in [1.29, 1.82) is 5.26 Å². The third-order valence-corrected chi connectivity index (χ3v) is 7.47. The highest BCUT2D eigenvalue weighted by Gasteiger charge is 2.19. The lowest BCUT2D eigenvalue weighted by atomic mass is 9.97. The zero-order chi connectivity index (χ0) is 26.6. The second-order valence-corrected chi connectivity index (χ2v) is 10.2. The Hall–Kier alpha value is -3.45. The molecule has 0 unspecified atom stereocenters. The van der Waals surface area contributed by atoms with Crippen LogP contribution in [0.2, 0.25) is 10.0 Å². The van der Waals surface area contributed by atoms with Crippen molar-refractivity contribution in [2.24, 2.45) is 5.92 Å². The highest BCUT2D eigenvalue weighted by molar-refractivity contribution is 6.36. The van der Waals surface area contributed by atoms with E-state index in [1.807, 2.05) is 16.9 Å². The van der Waals surface area contributed by atoms with Crippen LogP contribution in [0.4, 0.5) is 21.5 Å². The second-order valence-electron chi connectivity index (χ2n) is 9.43. The number of rotatable bonds is 8. The summed E-state index contributed by atoms with van der Waals surface area (Å²) in [7, 11) is 0. The number of piperidine rings is 1. The van der Waals surface area contributed by atoms with Gasteiger partial charge in [0.1, 0.15) is 17.6 Å². The summed E-state index contributed by atoms with van der Waals surface area (Å²) in [5, 5.41) is 25.9. The molecule has 3 heterocycles. The van der Waals surface area contributed by atoms with Gasteiger partial charge in [0.05, 0.1) is 39.6 Å². The minimum Gasteiger partial charge on any atom is -0.379 e. The first kappa shape index (κ1) is 26.2. The fourth-order valence-electron chi connectivity index (χ4n) is 4.75. The lowest BCUT2D eigenvalue weighted by Crippen LogP contribution is -2.34. The SMILES string of the molecule is CCN1CCC(Cn2cc(CNc3cc(Cl)c4ncc(C#N)c(Nc5ccc(F)c(Cl)c5)c4c3)nn2)CC1. The molecule has 0 atom stereocenters. The van der Waals surface area contributed by atoms with Gasteiger partial charge in [0.2, 0.25) is 0 Å². The van der Waals surface area contributed by atoms with Crippen molar-refractivity contribution < 1.29 is 4.39 Å². The van der Waals surface area contributed by atoms with Crippen LogP contribution >= 0.6 is 23.2 Å². The number of likely N-dealkylation sites (tertiary alicyclic amines) is 1. The van der Waals surface area contributed by atoms with Crippen molar-refractivity contribution in [3.8, 4) is 6.07 Å². The topological polar surface area (TPSA) is 94.7 Å². The third-order valence-electron chi connectivity index (χ3n) is 6.89. The summed E-state index contributed by atoms with van der Waals surface area (Å²) in [6.45, 7) is 6.92. The van der Waals surface area contributed by atoms with Gasteiger partial charge in [-0.25, -0.2) is 4.39 Å². The monoisotopic (exact) mass is 552 g/mol. The van der Waals surface area contributed by atoms with E-state index in [0.29, 0.717) is 45.3 Å². The molecule has 8 nitrogen and oxygen atoms in total. The van der Waals surface area contributed by atoms with Gasteiger partial charge in [0.25, 0.3) is 0 Å². The van der Waals surface area contributed by atoms with Gasteiger partial charge < -0.3 is 15.5 Å². The summed E-state index contributed by atoms with van der Waals surface area (Å²) in [4.78, 5) is 6.86. The van der Waals surface area contributed by atoms with Crippen molar-refractivity contribution in [2.45, 2.75) is 32.9 Å². The van der Waals surface area contributed by atoms with Crippen LogP contribution in [0.3, 0.4) is 0 Å². The van der Waals surface area contributed by atoms with E-state index in [0.717, 1.165) is 37.6 Å². The summed E-state index contributed by atoms with van der Waals surface area (Å²) < 4.78 is 15.6. The Bertz CT molecular complexity index is 1490. The highest BCUT2D eigenvalue weighted by atomic mass is 35.5. The van der Waals surface area contributed by atoms with Crippen LogP contribution in [0.5, 0.6) is 0 Å². The Balaban J connectivity index is 1.33. The van der Waals surface area contributed by atoms with E-state index in [1.165, 1.54) is 31.2 Å². The number of fused-ring (bicyclic) bond motifs is 1. The first-order chi connectivity index (χ1) is 18.4. The summed E-state index contributed by atoms with van der Waals surface area (Å²) >= 11 is 12.5. The number of pyridine rings is 1. The number of benzene rings is 2. The van der Waals surface area contributed by atoms with Crippen molar-refractivity contribution in [3.05, 3.63) is 69.8 Å². The maximum atomic E-state index is 13.7. The molecule has 1 aliphatic heterocycles. The van der Waals surface area contributed by atoms with Gasteiger partial charge >= 0.3 is 0 Å². The number of nitriles is 1. The molecule has 11 heteroatoms. The Morgan fingerprint density at radius 1 is 1.13 bits per heavy atom. The van der Waals surface area contributed by atoms with E-state index >= 15 is 0 Å². The molecule has 0 bridgehead atoms. The lowest BCUT2D eigenvalue weighted by molar-refractivity contribution is 0.177. The van der Waals surface area contributed by atoms with Gasteiger partial charge in [0.15, 0.2) is 0 Å². The zero-order valence-electron chi connectivity index (χ0n) is 20.9. The minimum atomic E-state index is -0.523. The van der Waals surface area contributed by atoms with Crippen LogP contribution in [-0.2, 0) is 13.1 Å². The number of nitrogens with zero attached hydrogens (tertiary/aromatic N) is 6. The molecule has 0 radical (unpaired) electrons. The molecule has 2 N–H and O–H groups in total. The summed E-state index contributed by atoms with van der Waals surface area (Å²) in [5.74, 6) is 0.0917. The number of hydrogen-bond acceptors (Lipinski definition) is 7. The third kappa shape index (κ3) is 5.83. The smallest absolute Gasteiger partial charge is 0.141 e. The fourth-order valence-corrected chi connectivity index (χ4v) is 5.20. The average molecular weight is 553 g/mol. The van der Waals surface area contributed by atoms with Crippen LogP contribution < -0.4 is 10.6 Å². The first-order valence-corrected chi connectivity index (χ1v) is 13.3. The molecule has 38 heavy (non-hydrogen) atoms. The van der Waals surface area contributed by atoms with E-state index < -0.39 is 5.82 Å². The van der Waals surface area contributed by atoms with Crippen LogP contribution in [0, 0.1) is 23.1 Å². The molecule has 1 saturated heterocycles. The highest BCUT2D eigenvalue weighted by Crippen LogP contribution is 2.35. The first-order valence-electron chi connectivity index (χ1n) is 12.5. The maximum absolute atomic E-state index is 13.7. The molecular weight excluding hydrogens is 526 g/mol. The van der Waals surface area contributed by atoms with Crippen molar-refractivity contribution >= 4 is 51.2 Å². The van der Waals surface area contributed by atoms with Crippen LogP contribution in [0.15, 0.2) is 42.7 Å². The zero-order valence-corrected chi connectivity index (χ0v) is 22.4. The lowest BCUT2D eigenvalue weighted by Gasteiger charge is -2.30. The fraction of sp³-hybridized carbons (Fsp3) is 0.333. The Kier molecular flexibility index (Phi) is 7.93. The summed E-state index contributed by atoms with van der Waals surface area (Å²) in [5.41, 5.74) is 3.44. The van der Waals surface area contributed by atoms with E-state index in [2.05, 4.69) is 43.8 Å². The molecule has 4 aromatic rings. The van der Waals surface area contributed by atoms with Crippen LogP contribution in [0.25, 0.3) is 10.9 Å². The molecule has 1 fully saturated rings. The number of halogens is 3. The Morgan fingerprint density at radius 2 is 1.92 bits per heavy atom. The maximum Gasteiger partial charge on any atom is 0.141 e.